The number of aryl methyl sites for hydroxylation is 1. The molecule has 0 bridgehead atoms. The molecule has 7 heteroatoms. The number of aromatic nitrogens is 3. The van der Waals surface area contributed by atoms with Crippen LogP contribution in [0.15, 0.2) is 0 Å². The van der Waals surface area contributed by atoms with E-state index < -0.39 is 10.0 Å². The van der Waals surface area contributed by atoms with Crippen molar-refractivity contribution < 1.29 is 8.42 Å². The van der Waals surface area contributed by atoms with Crippen LogP contribution < -0.4 is 0 Å². The van der Waals surface area contributed by atoms with Gasteiger partial charge < -0.3 is 0 Å². The van der Waals surface area contributed by atoms with E-state index in [1.165, 1.54) is 10.6 Å². The van der Waals surface area contributed by atoms with Crippen LogP contribution in [-0.4, -0.2) is 47.2 Å². The summed E-state index contributed by atoms with van der Waals surface area (Å²) in [4.78, 5) is 4.26. The quantitative estimate of drug-likeness (QED) is 0.809. The Morgan fingerprint density at radius 1 is 1.50 bits per heavy atom. The maximum absolute atomic E-state index is 11.4. The first-order chi connectivity index (χ1) is 7.47. The highest BCUT2D eigenvalue weighted by molar-refractivity contribution is 7.88. The van der Waals surface area contributed by atoms with Crippen molar-refractivity contribution in [3.63, 3.8) is 0 Å². The zero-order valence-electron chi connectivity index (χ0n) is 9.47. The Hall–Kier alpha value is -0.950. The average Bonchev–Trinajstić information content (AvgIpc) is 2.64. The number of hydrogen-bond acceptors (Lipinski definition) is 4. The molecule has 0 aromatic carbocycles. The predicted molar refractivity (Wildman–Crippen MR) is 59.5 cm³/mol. The third-order valence-corrected chi connectivity index (χ3v) is 4.10. The molecule has 1 aliphatic heterocycles. The van der Waals surface area contributed by atoms with Gasteiger partial charge in [0.2, 0.25) is 10.0 Å². The second-order valence-electron chi connectivity index (χ2n) is 4.24. The fourth-order valence-electron chi connectivity index (χ4n) is 2.00. The number of sulfonamides is 1. The molecule has 16 heavy (non-hydrogen) atoms. The first-order valence-electron chi connectivity index (χ1n) is 5.31. The molecule has 2 rings (SSSR count). The van der Waals surface area contributed by atoms with Crippen LogP contribution in [0.4, 0.5) is 0 Å². The van der Waals surface area contributed by atoms with Crippen molar-refractivity contribution in [1.82, 2.24) is 19.5 Å². The summed E-state index contributed by atoms with van der Waals surface area (Å²) in [5, 5.41) is 6.89. The summed E-state index contributed by atoms with van der Waals surface area (Å²) in [5.41, 5.74) is 0. The third kappa shape index (κ3) is 2.41. The molecule has 0 amide bonds. The molecule has 1 aromatic heterocycles. The predicted octanol–water partition coefficient (Wildman–Crippen LogP) is 0.252. The molecule has 1 N–H and O–H groups in total. The van der Waals surface area contributed by atoms with Crippen LogP contribution in [-0.2, 0) is 10.0 Å². The minimum absolute atomic E-state index is 0.119. The molecule has 90 valence electrons. The Bertz CT molecular complexity index is 468. The summed E-state index contributed by atoms with van der Waals surface area (Å²) in [7, 11) is -3.09. The van der Waals surface area contributed by atoms with E-state index in [1.807, 2.05) is 6.92 Å². The molecule has 1 atom stereocenters. The maximum atomic E-state index is 11.4. The van der Waals surface area contributed by atoms with E-state index >= 15 is 0 Å². The maximum Gasteiger partial charge on any atom is 0.211 e. The van der Waals surface area contributed by atoms with E-state index in [-0.39, 0.29) is 5.92 Å². The lowest BCUT2D eigenvalue weighted by molar-refractivity contribution is 0.311. The van der Waals surface area contributed by atoms with Crippen molar-refractivity contribution in [2.75, 3.05) is 19.3 Å². The van der Waals surface area contributed by atoms with Gasteiger partial charge >= 0.3 is 0 Å². The molecule has 1 saturated heterocycles. The number of H-pyrrole nitrogens is 1. The Morgan fingerprint density at radius 3 is 2.81 bits per heavy atom. The fraction of sp³-hybridized carbons (Fsp3) is 0.778. The Balaban J connectivity index is 2.13. The molecule has 0 radical (unpaired) electrons. The average molecular weight is 244 g/mol. The van der Waals surface area contributed by atoms with Gasteiger partial charge in [0.1, 0.15) is 5.82 Å². The highest BCUT2D eigenvalue weighted by atomic mass is 32.2. The largest absolute Gasteiger partial charge is 0.263 e. The van der Waals surface area contributed by atoms with E-state index in [0.29, 0.717) is 13.1 Å². The molecular formula is C9H16N4O2S. The van der Waals surface area contributed by atoms with E-state index in [4.69, 9.17) is 0 Å². The van der Waals surface area contributed by atoms with Crippen LogP contribution in [0, 0.1) is 6.92 Å². The molecular weight excluding hydrogens is 228 g/mol. The second kappa shape index (κ2) is 4.14. The topological polar surface area (TPSA) is 79.0 Å². The lowest BCUT2D eigenvalue weighted by Gasteiger charge is -2.29. The number of nitrogens with one attached hydrogen (secondary N) is 1. The van der Waals surface area contributed by atoms with Gasteiger partial charge in [0.15, 0.2) is 5.82 Å². The van der Waals surface area contributed by atoms with Crippen LogP contribution in [0.1, 0.15) is 30.4 Å². The minimum Gasteiger partial charge on any atom is -0.263 e. The smallest absolute Gasteiger partial charge is 0.211 e. The third-order valence-electron chi connectivity index (χ3n) is 2.83. The Morgan fingerprint density at radius 2 is 2.25 bits per heavy atom. The molecule has 0 saturated carbocycles. The van der Waals surface area contributed by atoms with Crippen molar-refractivity contribution in [3.05, 3.63) is 11.6 Å². The molecule has 0 spiro atoms. The first-order valence-corrected chi connectivity index (χ1v) is 7.15. The van der Waals surface area contributed by atoms with E-state index in [0.717, 1.165) is 24.5 Å². The van der Waals surface area contributed by atoms with Crippen LogP contribution >= 0.6 is 0 Å². The van der Waals surface area contributed by atoms with Gasteiger partial charge in [-0.3, -0.25) is 5.10 Å². The number of aromatic amines is 1. The summed E-state index contributed by atoms with van der Waals surface area (Å²) >= 11 is 0. The number of rotatable bonds is 2. The summed E-state index contributed by atoms with van der Waals surface area (Å²) in [6.07, 6.45) is 3.06. The van der Waals surface area contributed by atoms with Crippen molar-refractivity contribution in [3.8, 4) is 0 Å². The first kappa shape index (κ1) is 11.5. The van der Waals surface area contributed by atoms with Gasteiger partial charge in [-0.25, -0.2) is 17.7 Å². The van der Waals surface area contributed by atoms with E-state index in [2.05, 4.69) is 15.2 Å². The van der Waals surface area contributed by atoms with Gasteiger partial charge in [-0.1, -0.05) is 0 Å². The number of hydrogen-bond donors (Lipinski definition) is 1. The lowest BCUT2D eigenvalue weighted by atomic mass is 9.99. The zero-order valence-corrected chi connectivity index (χ0v) is 10.3. The number of nitrogens with zero attached hydrogens (tertiary/aromatic N) is 3. The number of piperidine rings is 1. The SMILES string of the molecule is Cc1nc(C2CCCN(S(C)(=O)=O)C2)n[nH]1. The molecule has 1 fully saturated rings. The molecule has 0 aliphatic carbocycles. The Kier molecular flexibility index (Phi) is 2.98. The van der Waals surface area contributed by atoms with Crippen molar-refractivity contribution in [2.24, 2.45) is 0 Å². The monoisotopic (exact) mass is 244 g/mol. The van der Waals surface area contributed by atoms with Gasteiger partial charge in [0, 0.05) is 19.0 Å². The van der Waals surface area contributed by atoms with Crippen LogP contribution in [0.3, 0.4) is 0 Å². The van der Waals surface area contributed by atoms with Gasteiger partial charge in [0.25, 0.3) is 0 Å². The molecule has 2 heterocycles. The molecule has 1 aliphatic rings. The molecule has 6 nitrogen and oxygen atoms in total. The summed E-state index contributed by atoms with van der Waals surface area (Å²) in [6.45, 7) is 2.95. The van der Waals surface area contributed by atoms with Gasteiger partial charge in [0.05, 0.1) is 6.26 Å². The van der Waals surface area contributed by atoms with E-state index in [9.17, 15) is 8.42 Å². The summed E-state index contributed by atoms with van der Waals surface area (Å²) in [5.74, 6) is 1.62. The minimum atomic E-state index is -3.09. The molecule has 1 unspecified atom stereocenters. The normalized spacial score (nSPS) is 23.5. The molecule has 1 aromatic rings. The summed E-state index contributed by atoms with van der Waals surface area (Å²) in [6, 6.07) is 0. The second-order valence-corrected chi connectivity index (χ2v) is 6.22. The highest BCUT2D eigenvalue weighted by Crippen LogP contribution is 2.25. The zero-order chi connectivity index (χ0) is 11.8. The van der Waals surface area contributed by atoms with Gasteiger partial charge in [-0.15, -0.1) is 0 Å². The van der Waals surface area contributed by atoms with Crippen molar-refractivity contribution >= 4 is 10.0 Å². The van der Waals surface area contributed by atoms with Gasteiger partial charge in [-0.2, -0.15) is 5.10 Å². The summed E-state index contributed by atoms with van der Waals surface area (Å²) < 4.78 is 24.4. The van der Waals surface area contributed by atoms with Crippen LogP contribution in [0.2, 0.25) is 0 Å². The standard InChI is InChI=1S/C9H16N4O2S/c1-7-10-9(12-11-7)8-4-3-5-13(6-8)16(2,14)15/h8H,3-6H2,1-2H3,(H,10,11,12). The van der Waals surface area contributed by atoms with Crippen LogP contribution in [0.25, 0.3) is 0 Å². The van der Waals surface area contributed by atoms with Crippen molar-refractivity contribution in [2.45, 2.75) is 25.7 Å². The van der Waals surface area contributed by atoms with Crippen molar-refractivity contribution in [1.29, 1.82) is 0 Å². The Labute approximate surface area is 95.1 Å². The van der Waals surface area contributed by atoms with E-state index in [1.54, 1.807) is 0 Å². The fourth-order valence-corrected chi connectivity index (χ4v) is 2.91. The van der Waals surface area contributed by atoms with Crippen LogP contribution in [0.5, 0.6) is 0 Å². The lowest BCUT2D eigenvalue weighted by Crippen LogP contribution is -2.38. The highest BCUT2D eigenvalue weighted by Gasteiger charge is 2.28. The van der Waals surface area contributed by atoms with Gasteiger partial charge in [-0.05, 0) is 19.8 Å².